The van der Waals surface area contributed by atoms with Gasteiger partial charge in [0.25, 0.3) is 0 Å². The molecule has 3 rings (SSSR count). The predicted octanol–water partition coefficient (Wildman–Crippen LogP) is 4.22. The Morgan fingerprint density at radius 3 is 2.92 bits per heavy atom. The standard InChI is InChI=1S/C18H24N4OS2.ClH/c1-13(15-8-5-9-19-11-15)10-16(23)20-17-21-22-18(25-17)24-12-14-6-3-2-4-7-14;/h2-4,6-7,13,15,19H,5,8-12H2,1H3,(H,20,21,23);1H. The molecule has 8 heteroatoms. The molecule has 1 fully saturated rings. The summed E-state index contributed by atoms with van der Waals surface area (Å²) in [6.07, 6.45) is 2.95. The molecular weight excluding hydrogens is 388 g/mol. The van der Waals surface area contributed by atoms with Gasteiger partial charge in [-0.15, -0.1) is 22.6 Å². The quantitative estimate of drug-likeness (QED) is 0.526. The first-order valence-electron chi connectivity index (χ1n) is 8.71. The zero-order chi connectivity index (χ0) is 17.5. The van der Waals surface area contributed by atoms with Crippen LogP contribution < -0.4 is 10.6 Å². The van der Waals surface area contributed by atoms with Crippen molar-refractivity contribution < 1.29 is 4.79 Å². The average Bonchev–Trinajstić information content (AvgIpc) is 3.08. The molecular formula is C18H25ClN4OS2. The number of benzene rings is 1. The molecule has 0 spiro atoms. The van der Waals surface area contributed by atoms with E-state index in [0.29, 0.717) is 23.4 Å². The summed E-state index contributed by atoms with van der Waals surface area (Å²) in [7, 11) is 0. The highest BCUT2D eigenvalue weighted by Crippen LogP contribution is 2.29. The summed E-state index contributed by atoms with van der Waals surface area (Å²) >= 11 is 3.08. The van der Waals surface area contributed by atoms with Gasteiger partial charge in [0.2, 0.25) is 11.0 Å². The number of anilines is 1. The maximum atomic E-state index is 12.3. The van der Waals surface area contributed by atoms with Crippen molar-refractivity contribution in [3.05, 3.63) is 35.9 Å². The molecule has 0 radical (unpaired) electrons. The van der Waals surface area contributed by atoms with Crippen LogP contribution in [0.3, 0.4) is 0 Å². The van der Waals surface area contributed by atoms with Gasteiger partial charge in [-0.05, 0) is 43.3 Å². The summed E-state index contributed by atoms with van der Waals surface area (Å²) in [4.78, 5) is 12.3. The van der Waals surface area contributed by atoms with Crippen LogP contribution in [0, 0.1) is 11.8 Å². The van der Waals surface area contributed by atoms with E-state index in [-0.39, 0.29) is 18.3 Å². The molecule has 2 unspecified atom stereocenters. The van der Waals surface area contributed by atoms with Crippen molar-refractivity contribution in [1.29, 1.82) is 0 Å². The lowest BCUT2D eigenvalue weighted by molar-refractivity contribution is -0.117. The fraction of sp³-hybridized carbons (Fsp3) is 0.500. The van der Waals surface area contributed by atoms with Crippen molar-refractivity contribution in [1.82, 2.24) is 15.5 Å². The van der Waals surface area contributed by atoms with E-state index in [1.54, 1.807) is 11.8 Å². The van der Waals surface area contributed by atoms with Gasteiger partial charge in [0.15, 0.2) is 4.34 Å². The molecule has 1 aromatic carbocycles. The second-order valence-corrected chi connectivity index (χ2v) is 8.68. The van der Waals surface area contributed by atoms with Gasteiger partial charge in [0.05, 0.1) is 0 Å². The molecule has 5 nitrogen and oxygen atoms in total. The Morgan fingerprint density at radius 2 is 2.19 bits per heavy atom. The third-order valence-corrected chi connectivity index (χ3v) is 6.55. The van der Waals surface area contributed by atoms with Gasteiger partial charge in [0, 0.05) is 12.2 Å². The van der Waals surface area contributed by atoms with Crippen molar-refractivity contribution in [2.75, 3.05) is 18.4 Å². The molecule has 1 saturated heterocycles. The van der Waals surface area contributed by atoms with Crippen LogP contribution >= 0.6 is 35.5 Å². The number of piperidine rings is 1. The largest absolute Gasteiger partial charge is 0.316 e. The average molecular weight is 413 g/mol. The second-order valence-electron chi connectivity index (χ2n) is 6.48. The highest BCUT2D eigenvalue weighted by molar-refractivity contribution is 8.00. The van der Waals surface area contributed by atoms with Gasteiger partial charge >= 0.3 is 0 Å². The van der Waals surface area contributed by atoms with Gasteiger partial charge in [0.1, 0.15) is 0 Å². The van der Waals surface area contributed by atoms with E-state index < -0.39 is 0 Å². The number of halogens is 1. The van der Waals surface area contributed by atoms with Crippen molar-refractivity contribution >= 4 is 46.5 Å². The first kappa shape index (κ1) is 21.2. The lowest BCUT2D eigenvalue weighted by Crippen LogP contribution is -2.34. The zero-order valence-electron chi connectivity index (χ0n) is 14.8. The van der Waals surface area contributed by atoms with E-state index in [0.717, 1.165) is 23.2 Å². The van der Waals surface area contributed by atoms with Crippen molar-refractivity contribution in [3.63, 3.8) is 0 Å². The predicted molar refractivity (Wildman–Crippen MR) is 111 cm³/mol. The van der Waals surface area contributed by atoms with Crippen molar-refractivity contribution in [3.8, 4) is 0 Å². The van der Waals surface area contributed by atoms with Gasteiger partial charge in [-0.25, -0.2) is 0 Å². The molecule has 0 saturated carbocycles. The third kappa shape index (κ3) is 6.54. The molecule has 2 N–H and O–H groups in total. The van der Waals surface area contributed by atoms with E-state index in [9.17, 15) is 4.79 Å². The minimum Gasteiger partial charge on any atom is -0.316 e. The Bertz CT molecular complexity index is 677. The van der Waals surface area contributed by atoms with Crippen LogP contribution in [0.4, 0.5) is 5.13 Å². The summed E-state index contributed by atoms with van der Waals surface area (Å²) < 4.78 is 0.878. The van der Waals surface area contributed by atoms with Crippen LogP contribution in [0.2, 0.25) is 0 Å². The van der Waals surface area contributed by atoms with Gasteiger partial charge in [-0.2, -0.15) is 0 Å². The van der Waals surface area contributed by atoms with Crippen LogP contribution in [0.25, 0.3) is 0 Å². The van der Waals surface area contributed by atoms with E-state index in [2.05, 4.69) is 39.9 Å². The van der Waals surface area contributed by atoms with Crippen LogP contribution in [0.5, 0.6) is 0 Å². The number of carbonyl (C=O) groups excluding carboxylic acids is 1. The number of nitrogens with zero attached hydrogens (tertiary/aromatic N) is 2. The zero-order valence-corrected chi connectivity index (χ0v) is 17.3. The molecule has 2 atom stereocenters. The Morgan fingerprint density at radius 1 is 1.38 bits per heavy atom. The summed E-state index contributed by atoms with van der Waals surface area (Å²) in [5.74, 6) is 1.86. The number of thioether (sulfide) groups is 1. The molecule has 142 valence electrons. The Hall–Kier alpha value is -1.15. The topological polar surface area (TPSA) is 66.9 Å². The number of hydrogen-bond donors (Lipinski definition) is 2. The molecule has 26 heavy (non-hydrogen) atoms. The molecule has 0 bridgehead atoms. The lowest BCUT2D eigenvalue weighted by Gasteiger charge is -2.27. The van der Waals surface area contributed by atoms with E-state index in [1.165, 1.54) is 29.7 Å². The Balaban J connectivity index is 0.00000243. The molecule has 0 aliphatic carbocycles. The van der Waals surface area contributed by atoms with Crippen molar-refractivity contribution in [2.45, 2.75) is 36.3 Å². The van der Waals surface area contributed by atoms with Gasteiger partial charge in [-0.1, -0.05) is 60.4 Å². The van der Waals surface area contributed by atoms with E-state index >= 15 is 0 Å². The van der Waals surface area contributed by atoms with Crippen molar-refractivity contribution in [2.24, 2.45) is 11.8 Å². The van der Waals surface area contributed by atoms with E-state index in [1.807, 2.05) is 18.2 Å². The third-order valence-electron chi connectivity index (χ3n) is 4.51. The Labute approximate surface area is 169 Å². The smallest absolute Gasteiger partial charge is 0.226 e. The van der Waals surface area contributed by atoms with E-state index in [4.69, 9.17) is 0 Å². The van der Waals surface area contributed by atoms with Crippen LogP contribution in [-0.4, -0.2) is 29.2 Å². The molecule has 1 amide bonds. The molecule has 1 aromatic heterocycles. The summed E-state index contributed by atoms with van der Waals surface area (Å²) in [5.41, 5.74) is 1.25. The fourth-order valence-electron chi connectivity index (χ4n) is 3.03. The van der Waals surface area contributed by atoms with Crippen LogP contribution in [0.1, 0.15) is 31.7 Å². The first-order valence-corrected chi connectivity index (χ1v) is 10.5. The summed E-state index contributed by atoms with van der Waals surface area (Å²) in [6.45, 7) is 4.29. The highest BCUT2D eigenvalue weighted by atomic mass is 35.5. The first-order chi connectivity index (χ1) is 12.2. The normalized spacial score (nSPS) is 18.0. The highest BCUT2D eigenvalue weighted by Gasteiger charge is 2.22. The monoisotopic (exact) mass is 412 g/mol. The Kier molecular flexibility index (Phi) is 8.84. The number of aromatic nitrogens is 2. The number of amides is 1. The molecule has 2 aromatic rings. The maximum absolute atomic E-state index is 12.3. The van der Waals surface area contributed by atoms with Gasteiger partial charge < -0.3 is 10.6 Å². The van der Waals surface area contributed by atoms with Gasteiger partial charge in [-0.3, -0.25) is 4.79 Å². The molecule has 2 heterocycles. The van der Waals surface area contributed by atoms with Crippen LogP contribution in [0.15, 0.2) is 34.7 Å². The minimum atomic E-state index is 0. The van der Waals surface area contributed by atoms with Crippen LogP contribution in [-0.2, 0) is 10.5 Å². The molecule has 1 aliphatic heterocycles. The SMILES string of the molecule is CC(CC(=O)Nc1nnc(SCc2ccccc2)s1)C1CCCNC1.Cl. The summed E-state index contributed by atoms with van der Waals surface area (Å²) in [6, 6.07) is 10.3. The maximum Gasteiger partial charge on any atom is 0.226 e. The lowest BCUT2D eigenvalue weighted by atomic mass is 9.85. The number of hydrogen-bond acceptors (Lipinski definition) is 6. The summed E-state index contributed by atoms with van der Waals surface area (Å²) in [5, 5.41) is 15.2. The fourth-order valence-corrected chi connectivity index (χ4v) is 4.76. The minimum absolute atomic E-state index is 0. The molecule has 1 aliphatic rings. The number of rotatable bonds is 7. The number of carbonyl (C=O) groups is 1. The number of nitrogens with one attached hydrogen (secondary N) is 2. The second kappa shape index (κ2) is 10.9.